The molecular formula is C57H108O5. The minimum atomic E-state index is -0.775. The Hall–Kier alpha value is -1.62. The van der Waals surface area contributed by atoms with Crippen LogP contribution in [0.25, 0.3) is 0 Å². The molecule has 5 nitrogen and oxygen atoms in total. The normalized spacial score (nSPS) is 12.2. The third-order valence-electron chi connectivity index (χ3n) is 12.7. The highest BCUT2D eigenvalue weighted by atomic mass is 16.6. The lowest BCUT2D eigenvalue weighted by molar-refractivity contribution is -0.161. The van der Waals surface area contributed by atoms with Gasteiger partial charge in [0.05, 0.1) is 6.61 Å². The first-order chi connectivity index (χ1) is 30.6. The summed E-state index contributed by atoms with van der Waals surface area (Å²) >= 11 is 0. The predicted octanol–water partition coefficient (Wildman–Crippen LogP) is 18.5. The summed E-state index contributed by atoms with van der Waals surface area (Å²) in [5.74, 6) is -0.592. The second kappa shape index (κ2) is 53.7. The summed E-state index contributed by atoms with van der Waals surface area (Å²) in [5.41, 5.74) is 0. The molecule has 1 N–H and O–H groups in total. The van der Waals surface area contributed by atoms with Gasteiger partial charge in [-0.3, -0.25) is 9.59 Å². The Balaban J connectivity index is 3.38. The molecule has 366 valence electrons. The summed E-state index contributed by atoms with van der Waals surface area (Å²) in [5, 5.41) is 9.61. The van der Waals surface area contributed by atoms with Crippen LogP contribution in [-0.4, -0.2) is 36.4 Å². The largest absolute Gasteiger partial charge is 0.462 e. The molecule has 0 aliphatic carbocycles. The first kappa shape index (κ1) is 60.4. The number of hydrogen-bond acceptors (Lipinski definition) is 5. The smallest absolute Gasteiger partial charge is 0.306 e. The van der Waals surface area contributed by atoms with Crippen molar-refractivity contribution in [3.8, 4) is 0 Å². The van der Waals surface area contributed by atoms with Crippen LogP contribution in [0, 0.1) is 0 Å². The maximum Gasteiger partial charge on any atom is 0.306 e. The Kier molecular flexibility index (Phi) is 52.3. The van der Waals surface area contributed by atoms with Crippen molar-refractivity contribution in [2.45, 2.75) is 315 Å². The monoisotopic (exact) mass is 873 g/mol. The van der Waals surface area contributed by atoms with Crippen molar-refractivity contribution in [2.24, 2.45) is 0 Å². The fourth-order valence-corrected chi connectivity index (χ4v) is 8.53. The predicted molar refractivity (Wildman–Crippen MR) is 270 cm³/mol. The van der Waals surface area contributed by atoms with E-state index in [4.69, 9.17) is 9.47 Å². The molecule has 0 amide bonds. The van der Waals surface area contributed by atoms with E-state index < -0.39 is 6.10 Å². The van der Waals surface area contributed by atoms with E-state index in [2.05, 4.69) is 38.2 Å². The number of hydrogen-bond donors (Lipinski definition) is 1. The Bertz CT molecular complexity index is 943. The molecule has 0 radical (unpaired) electrons. The molecule has 0 fully saturated rings. The van der Waals surface area contributed by atoms with Gasteiger partial charge in [-0.15, -0.1) is 0 Å². The van der Waals surface area contributed by atoms with E-state index in [1.165, 1.54) is 231 Å². The highest BCUT2D eigenvalue weighted by Gasteiger charge is 2.16. The van der Waals surface area contributed by atoms with Gasteiger partial charge in [-0.05, 0) is 44.9 Å². The molecular weight excluding hydrogens is 765 g/mol. The van der Waals surface area contributed by atoms with Crippen LogP contribution in [-0.2, 0) is 19.1 Å². The third-order valence-corrected chi connectivity index (χ3v) is 12.7. The average Bonchev–Trinajstić information content (AvgIpc) is 3.28. The quantitative estimate of drug-likeness (QED) is 0.0374. The Labute approximate surface area is 387 Å². The number of carbonyl (C=O) groups excluding carboxylic acids is 2. The molecule has 62 heavy (non-hydrogen) atoms. The van der Waals surface area contributed by atoms with E-state index in [9.17, 15) is 14.7 Å². The summed E-state index contributed by atoms with van der Waals surface area (Å²) < 4.78 is 10.7. The van der Waals surface area contributed by atoms with Crippen molar-refractivity contribution < 1.29 is 24.2 Å². The molecule has 0 aromatic rings. The van der Waals surface area contributed by atoms with Crippen LogP contribution in [0.1, 0.15) is 309 Å². The fraction of sp³-hybridized carbons (Fsp3) is 0.895. The fourth-order valence-electron chi connectivity index (χ4n) is 8.53. The number of aliphatic hydroxyl groups excluding tert-OH is 1. The van der Waals surface area contributed by atoms with E-state index in [1.807, 2.05) is 0 Å². The lowest BCUT2D eigenvalue weighted by Crippen LogP contribution is -2.28. The number of unbranched alkanes of at least 4 members (excludes halogenated alkanes) is 40. The lowest BCUT2D eigenvalue weighted by Gasteiger charge is -2.15. The number of esters is 2. The van der Waals surface area contributed by atoms with Crippen molar-refractivity contribution in [3.05, 3.63) is 24.3 Å². The summed E-state index contributed by atoms with van der Waals surface area (Å²) in [7, 11) is 0. The second-order valence-electron chi connectivity index (χ2n) is 19.0. The Morgan fingerprint density at radius 1 is 0.371 bits per heavy atom. The minimum Gasteiger partial charge on any atom is -0.462 e. The van der Waals surface area contributed by atoms with E-state index in [1.54, 1.807) is 0 Å². The van der Waals surface area contributed by atoms with Crippen molar-refractivity contribution in [3.63, 3.8) is 0 Å². The number of rotatable bonds is 52. The van der Waals surface area contributed by atoms with Crippen LogP contribution < -0.4 is 0 Å². The zero-order valence-electron chi connectivity index (χ0n) is 41.9. The average molecular weight is 873 g/mol. The molecule has 0 saturated heterocycles. The first-order valence-corrected chi connectivity index (χ1v) is 27.9. The maximum atomic E-state index is 12.2. The van der Waals surface area contributed by atoms with E-state index in [0.717, 1.165) is 51.4 Å². The number of ether oxygens (including phenoxy) is 2. The highest BCUT2D eigenvalue weighted by Crippen LogP contribution is 2.18. The van der Waals surface area contributed by atoms with Crippen LogP contribution in [0.5, 0.6) is 0 Å². The van der Waals surface area contributed by atoms with Gasteiger partial charge in [-0.25, -0.2) is 0 Å². The molecule has 0 aromatic heterocycles. The SMILES string of the molecule is CCCCC/C=C\C/C=C\CCCCCCCC(=O)OC(CO)COC(=O)CCCCCCCCCCCCCCCCCCCCCCCCCCCCCCCCCCC. The molecule has 0 aliphatic rings. The summed E-state index contributed by atoms with van der Waals surface area (Å²) in [6.45, 7) is 4.14. The van der Waals surface area contributed by atoms with Gasteiger partial charge in [-0.2, -0.15) is 0 Å². The molecule has 1 atom stereocenters. The topological polar surface area (TPSA) is 72.8 Å². The molecule has 0 heterocycles. The van der Waals surface area contributed by atoms with Crippen LogP contribution in [0.15, 0.2) is 24.3 Å². The van der Waals surface area contributed by atoms with Gasteiger partial charge in [0.15, 0.2) is 6.10 Å². The van der Waals surface area contributed by atoms with E-state index >= 15 is 0 Å². The van der Waals surface area contributed by atoms with E-state index in [0.29, 0.717) is 12.8 Å². The molecule has 0 rings (SSSR count). The second-order valence-corrected chi connectivity index (χ2v) is 19.0. The maximum absolute atomic E-state index is 12.2. The van der Waals surface area contributed by atoms with Crippen molar-refractivity contribution in [2.75, 3.05) is 13.2 Å². The molecule has 0 bridgehead atoms. The molecule has 1 unspecified atom stereocenters. The molecule has 0 aromatic carbocycles. The van der Waals surface area contributed by atoms with E-state index in [-0.39, 0.29) is 25.2 Å². The Morgan fingerprint density at radius 3 is 0.984 bits per heavy atom. The van der Waals surface area contributed by atoms with Gasteiger partial charge in [0.2, 0.25) is 0 Å². The highest BCUT2D eigenvalue weighted by molar-refractivity contribution is 5.70. The first-order valence-electron chi connectivity index (χ1n) is 27.9. The van der Waals surface area contributed by atoms with Gasteiger partial charge in [0.1, 0.15) is 6.61 Å². The van der Waals surface area contributed by atoms with Crippen molar-refractivity contribution in [1.29, 1.82) is 0 Å². The van der Waals surface area contributed by atoms with Crippen LogP contribution in [0.4, 0.5) is 0 Å². The summed E-state index contributed by atoms with van der Waals surface area (Å²) in [6.07, 6.45) is 67.4. The van der Waals surface area contributed by atoms with Crippen LogP contribution >= 0.6 is 0 Å². The summed E-state index contributed by atoms with van der Waals surface area (Å²) in [6, 6.07) is 0. The third kappa shape index (κ3) is 51.0. The zero-order valence-corrected chi connectivity index (χ0v) is 41.9. The number of allylic oxidation sites excluding steroid dienone is 4. The minimum absolute atomic E-state index is 0.0666. The van der Waals surface area contributed by atoms with Crippen LogP contribution in [0.3, 0.4) is 0 Å². The molecule has 0 saturated carbocycles. The van der Waals surface area contributed by atoms with Crippen LogP contribution in [0.2, 0.25) is 0 Å². The lowest BCUT2D eigenvalue weighted by atomic mass is 10.0. The summed E-state index contributed by atoms with van der Waals surface area (Å²) in [4.78, 5) is 24.4. The van der Waals surface area contributed by atoms with Gasteiger partial charge >= 0.3 is 11.9 Å². The van der Waals surface area contributed by atoms with Crippen molar-refractivity contribution >= 4 is 11.9 Å². The number of carbonyl (C=O) groups is 2. The molecule has 0 spiro atoms. The van der Waals surface area contributed by atoms with Gasteiger partial charge in [0, 0.05) is 12.8 Å². The standard InChI is InChI=1S/C57H108O5/c1-3-5-7-9-11-13-15-17-19-20-21-22-23-24-25-26-27-28-29-30-31-32-33-34-35-36-38-39-41-43-45-47-49-51-56(59)61-54-55(53-58)62-57(60)52-50-48-46-44-42-40-37-18-16-14-12-10-8-6-4-2/h12,14,18,37,55,58H,3-11,13,15-17,19-36,38-54H2,1-2H3/b14-12-,37-18-. The van der Waals surface area contributed by atoms with Gasteiger partial charge < -0.3 is 14.6 Å². The number of aliphatic hydroxyl groups is 1. The zero-order chi connectivity index (χ0) is 44.9. The molecule has 5 heteroatoms. The van der Waals surface area contributed by atoms with Gasteiger partial charge in [0.25, 0.3) is 0 Å². The Morgan fingerprint density at radius 2 is 0.645 bits per heavy atom. The van der Waals surface area contributed by atoms with Crippen molar-refractivity contribution in [1.82, 2.24) is 0 Å². The molecule has 0 aliphatic heterocycles. The van der Waals surface area contributed by atoms with Gasteiger partial charge in [-0.1, -0.05) is 276 Å².